The van der Waals surface area contributed by atoms with Gasteiger partial charge in [-0.05, 0) is 18.1 Å². The molecular weight excluding hydrogens is 194 g/mol. The lowest BCUT2D eigenvalue weighted by Gasteiger charge is -2.10. The van der Waals surface area contributed by atoms with Crippen molar-refractivity contribution in [3.8, 4) is 0 Å². The summed E-state index contributed by atoms with van der Waals surface area (Å²) in [5.41, 5.74) is 8.21. The van der Waals surface area contributed by atoms with E-state index in [1.807, 2.05) is 11.8 Å². The molecule has 0 bridgehead atoms. The quantitative estimate of drug-likeness (QED) is 0.599. The molecule has 0 unspecified atom stereocenters. The molecule has 2 N–H and O–H groups in total. The van der Waals surface area contributed by atoms with E-state index >= 15 is 0 Å². The molecule has 2 nitrogen and oxygen atoms in total. The average Bonchev–Trinajstić information content (AvgIpc) is 2.20. The topological polar surface area (TPSA) is 35.2 Å². The Balaban J connectivity index is 2.72. The van der Waals surface area contributed by atoms with Crippen LogP contribution in [0.5, 0.6) is 0 Å². The highest BCUT2D eigenvalue weighted by molar-refractivity contribution is 7.99. The molecule has 0 atom stereocenters. The van der Waals surface area contributed by atoms with E-state index in [0.29, 0.717) is 6.54 Å². The molecule has 0 aliphatic rings. The van der Waals surface area contributed by atoms with Crippen LogP contribution < -0.4 is 5.73 Å². The van der Waals surface area contributed by atoms with Crippen molar-refractivity contribution >= 4 is 11.8 Å². The fourth-order valence-corrected chi connectivity index (χ4v) is 2.39. The lowest BCUT2D eigenvalue weighted by Crippen LogP contribution is -2.01. The first kappa shape index (κ1) is 11.6. The van der Waals surface area contributed by atoms with Crippen LogP contribution in [0.2, 0.25) is 0 Å². The summed E-state index contributed by atoms with van der Waals surface area (Å²) >= 11 is 1.82. The standard InChI is InChI=1S/C11H17NOS/c1-9-4-3-5-10(8-12)11(9)14-7-6-13-2/h3-5H,6-8,12H2,1-2H3. The highest BCUT2D eigenvalue weighted by atomic mass is 32.2. The van der Waals surface area contributed by atoms with E-state index < -0.39 is 0 Å². The Hall–Kier alpha value is -0.510. The van der Waals surface area contributed by atoms with Gasteiger partial charge in [-0.25, -0.2) is 0 Å². The minimum absolute atomic E-state index is 0.608. The normalized spacial score (nSPS) is 10.5. The van der Waals surface area contributed by atoms with Crippen LogP contribution in [-0.2, 0) is 11.3 Å². The Labute approximate surface area is 89.8 Å². The molecule has 0 amide bonds. The van der Waals surface area contributed by atoms with Crippen LogP contribution in [0.3, 0.4) is 0 Å². The van der Waals surface area contributed by atoms with Gasteiger partial charge in [0.15, 0.2) is 0 Å². The maximum absolute atomic E-state index is 5.68. The van der Waals surface area contributed by atoms with Crippen LogP contribution in [0, 0.1) is 6.92 Å². The molecule has 0 aliphatic heterocycles. The molecule has 0 saturated carbocycles. The predicted molar refractivity (Wildman–Crippen MR) is 61.7 cm³/mol. The van der Waals surface area contributed by atoms with Crippen molar-refractivity contribution in [1.29, 1.82) is 0 Å². The van der Waals surface area contributed by atoms with Gasteiger partial charge >= 0.3 is 0 Å². The maximum Gasteiger partial charge on any atom is 0.0556 e. The van der Waals surface area contributed by atoms with Crippen molar-refractivity contribution in [1.82, 2.24) is 0 Å². The average molecular weight is 211 g/mol. The van der Waals surface area contributed by atoms with Crippen LogP contribution in [-0.4, -0.2) is 19.5 Å². The Bertz CT molecular complexity index is 289. The van der Waals surface area contributed by atoms with Gasteiger partial charge in [-0.3, -0.25) is 0 Å². The third-order valence-electron chi connectivity index (χ3n) is 2.05. The summed E-state index contributed by atoms with van der Waals surface area (Å²) in [4.78, 5) is 1.31. The number of benzene rings is 1. The fraction of sp³-hybridized carbons (Fsp3) is 0.455. The smallest absolute Gasteiger partial charge is 0.0556 e. The number of aryl methyl sites for hydroxylation is 1. The lowest BCUT2D eigenvalue weighted by molar-refractivity contribution is 0.218. The SMILES string of the molecule is COCCSc1c(C)cccc1CN. The van der Waals surface area contributed by atoms with Crippen molar-refractivity contribution in [2.45, 2.75) is 18.4 Å². The summed E-state index contributed by atoms with van der Waals surface area (Å²) in [7, 11) is 1.72. The highest BCUT2D eigenvalue weighted by Crippen LogP contribution is 2.26. The molecule has 14 heavy (non-hydrogen) atoms. The number of hydrogen-bond acceptors (Lipinski definition) is 3. The zero-order valence-electron chi connectivity index (χ0n) is 8.75. The first-order chi connectivity index (χ1) is 6.79. The second-order valence-electron chi connectivity index (χ2n) is 3.11. The molecule has 0 heterocycles. The fourth-order valence-electron chi connectivity index (χ4n) is 1.31. The Kier molecular flexibility index (Phi) is 5.01. The molecule has 0 fully saturated rings. The summed E-state index contributed by atoms with van der Waals surface area (Å²) in [6.45, 7) is 3.51. The molecule has 1 aromatic carbocycles. The lowest BCUT2D eigenvalue weighted by atomic mass is 10.1. The zero-order valence-corrected chi connectivity index (χ0v) is 9.56. The van der Waals surface area contributed by atoms with Gasteiger partial charge in [-0.2, -0.15) is 0 Å². The number of thioether (sulfide) groups is 1. The van der Waals surface area contributed by atoms with Crippen LogP contribution >= 0.6 is 11.8 Å². The molecule has 0 aromatic heterocycles. The molecule has 0 saturated heterocycles. The summed E-state index contributed by atoms with van der Waals surface area (Å²) in [5, 5.41) is 0. The molecule has 0 aliphatic carbocycles. The van der Waals surface area contributed by atoms with Gasteiger partial charge in [0.2, 0.25) is 0 Å². The van der Waals surface area contributed by atoms with Gasteiger partial charge in [0.05, 0.1) is 6.61 Å². The molecule has 3 heteroatoms. The second kappa shape index (κ2) is 6.06. The molecule has 1 rings (SSSR count). The number of ether oxygens (including phenoxy) is 1. The van der Waals surface area contributed by atoms with Gasteiger partial charge in [0.1, 0.15) is 0 Å². The third kappa shape index (κ3) is 3.01. The van der Waals surface area contributed by atoms with E-state index in [9.17, 15) is 0 Å². The maximum atomic E-state index is 5.68. The third-order valence-corrected chi connectivity index (χ3v) is 3.29. The van der Waals surface area contributed by atoms with Crippen molar-refractivity contribution in [2.75, 3.05) is 19.5 Å². The largest absolute Gasteiger partial charge is 0.384 e. The minimum atomic E-state index is 0.608. The number of methoxy groups -OCH3 is 1. The zero-order chi connectivity index (χ0) is 10.4. The van der Waals surface area contributed by atoms with Crippen LogP contribution in [0.25, 0.3) is 0 Å². The van der Waals surface area contributed by atoms with Crippen molar-refractivity contribution < 1.29 is 4.74 Å². The minimum Gasteiger partial charge on any atom is -0.384 e. The van der Waals surface area contributed by atoms with E-state index in [-0.39, 0.29) is 0 Å². The van der Waals surface area contributed by atoms with Crippen LogP contribution in [0.4, 0.5) is 0 Å². The summed E-state index contributed by atoms with van der Waals surface area (Å²) in [6, 6.07) is 6.26. The van der Waals surface area contributed by atoms with E-state index in [2.05, 4.69) is 25.1 Å². The van der Waals surface area contributed by atoms with Crippen molar-refractivity contribution in [3.63, 3.8) is 0 Å². The highest BCUT2D eigenvalue weighted by Gasteiger charge is 2.03. The van der Waals surface area contributed by atoms with Gasteiger partial charge in [0, 0.05) is 24.3 Å². The van der Waals surface area contributed by atoms with Crippen molar-refractivity contribution in [2.24, 2.45) is 5.73 Å². The van der Waals surface area contributed by atoms with E-state index in [1.54, 1.807) is 7.11 Å². The van der Waals surface area contributed by atoms with Crippen LogP contribution in [0.1, 0.15) is 11.1 Å². The summed E-state index contributed by atoms with van der Waals surface area (Å²) in [5.74, 6) is 0.981. The van der Waals surface area contributed by atoms with Gasteiger partial charge < -0.3 is 10.5 Å². The summed E-state index contributed by atoms with van der Waals surface area (Å²) < 4.78 is 5.02. The van der Waals surface area contributed by atoms with Crippen molar-refractivity contribution in [3.05, 3.63) is 29.3 Å². The molecule has 0 radical (unpaired) electrons. The molecule has 78 valence electrons. The first-order valence-electron chi connectivity index (χ1n) is 4.70. The molecule has 0 spiro atoms. The Morgan fingerprint density at radius 1 is 1.43 bits per heavy atom. The van der Waals surface area contributed by atoms with E-state index in [0.717, 1.165) is 12.4 Å². The first-order valence-corrected chi connectivity index (χ1v) is 5.68. The van der Waals surface area contributed by atoms with Gasteiger partial charge in [-0.15, -0.1) is 11.8 Å². The molecule has 1 aromatic rings. The molecular formula is C11H17NOS. The van der Waals surface area contributed by atoms with Gasteiger partial charge in [-0.1, -0.05) is 18.2 Å². The Morgan fingerprint density at radius 2 is 2.21 bits per heavy atom. The van der Waals surface area contributed by atoms with E-state index in [1.165, 1.54) is 16.0 Å². The number of hydrogen-bond donors (Lipinski definition) is 1. The van der Waals surface area contributed by atoms with Crippen LogP contribution in [0.15, 0.2) is 23.1 Å². The summed E-state index contributed by atoms with van der Waals surface area (Å²) in [6.07, 6.45) is 0. The predicted octanol–water partition coefficient (Wildman–Crippen LogP) is 2.19. The monoisotopic (exact) mass is 211 g/mol. The Morgan fingerprint density at radius 3 is 2.86 bits per heavy atom. The number of rotatable bonds is 5. The number of nitrogens with two attached hydrogens (primary N) is 1. The van der Waals surface area contributed by atoms with E-state index in [4.69, 9.17) is 10.5 Å². The second-order valence-corrected chi connectivity index (χ2v) is 4.21. The van der Waals surface area contributed by atoms with Gasteiger partial charge in [0.25, 0.3) is 0 Å².